The maximum atomic E-state index is 12.7. The van der Waals surface area contributed by atoms with Crippen LogP contribution in [0, 0.1) is 5.92 Å². The van der Waals surface area contributed by atoms with Crippen LogP contribution in [-0.2, 0) is 16.6 Å². The van der Waals surface area contributed by atoms with Gasteiger partial charge in [0.05, 0.1) is 0 Å². The number of pyridine rings is 1. The monoisotopic (exact) mass is 351 g/mol. The fraction of sp³-hybridized carbons (Fsp3) is 0.400. The van der Waals surface area contributed by atoms with Crippen molar-refractivity contribution in [2.75, 3.05) is 17.8 Å². The summed E-state index contributed by atoms with van der Waals surface area (Å²) in [6, 6.07) is 6.67. The van der Waals surface area contributed by atoms with Crippen LogP contribution in [0.5, 0.6) is 0 Å². The van der Waals surface area contributed by atoms with Crippen LogP contribution in [0.25, 0.3) is 0 Å². The lowest BCUT2D eigenvalue weighted by molar-refractivity contribution is 0.257. The number of fused-ring (bicyclic) bond motifs is 4. The molecule has 1 saturated heterocycles. The third-order valence-electron chi connectivity index (χ3n) is 4.51. The molecule has 23 heavy (non-hydrogen) atoms. The molecule has 8 heteroatoms. The van der Waals surface area contributed by atoms with Crippen LogP contribution in [0.15, 0.2) is 38.6 Å². The Morgan fingerprint density at radius 1 is 1.26 bits per heavy atom. The second-order valence-electron chi connectivity index (χ2n) is 6.08. The van der Waals surface area contributed by atoms with Crippen molar-refractivity contribution in [1.82, 2.24) is 9.88 Å². The van der Waals surface area contributed by atoms with E-state index in [1.54, 1.807) is 22.1 Å². The number of rotatable bonds is 3. The first-order valence-electron chi connectivity index (χ1n) is 7.55. The maximum absolute atomic E-state index is 12.7. The first-order valence-corrected chi connectivity index (χ1v) is 9.91. The zero-order chi connectivity index (χ0) is 16.0. The van der Waals surface area contributed by atoms with Crippen molar-refractivity contribution >= 4 is 27.0 Å². The molecule has 6 nitrogen and oxygen atoms in total. The molecule has 2 N–H and O–H groups in total. The van der Waals surface area contributed by atoms with Crippen LogP contribution in [0.4, 0.5) is 5.69 Å². The van der Waals surface area contributed by atoms with Gasteiger partial charge in [-0.15, -0.1) is 11.3 Å². The van der Waals surface area contributed by atoms with Gasteiger partial charge in [0.25, 0.3) is 15.6 Å². The van der Waals surface area contributed by atoms with Crippen LogP contribution in [0.2, 0.25) is 0 Å². The largest absolute Gasteiger partial charge is 0.316 e. The van der Waals surface area contributed by atoms with Gasteiger partial charge in [-0.1, -0.05) is 6.07 Å². The van der Waals surface area contributed by atoms with Gasteiger partial charge in [-0.25, -0.2) is 8.42 Å². The molecule has 2 aliphatic heterocycles. The number of hydrogen-bond acceptors (Lipinski definition) is 5. The van der Waals surface area contributed by atoms with Crippen molar-refractivity contribution in [2.24, 2.45) is 5.92 Å². The summed E-state index contributed by atoms with van der Waals surface area (Å²) < 4.78 is 29.0. The van der Waals surface area contributed by atoms with E-state index < -0.39 is 10.0 Å². The Hall–Kier alpha value is -1.64. The van der Waals surface area contributed by atoms with Crippen molar-refractivity contribution in [3.63, 3.8) is 0 Å². The molecule has 122 valence electrons. The van der Waals surface area contributed by atoms with Crippen LogP contribution in [0.1, 0.15) is 18.0 Å². The fourth-order valence-corrected chi connectivity index (χ4v) is 5.53. The van der Waals surface area contributed by atoms with E-state index >= 15 is 0 Å². The molecule has 0 spiro atoms. The van der Waals surface area contributed by atoms with E-state index in [0.717, 1.165) is 36.5 Å². The number of hydrogen-bond donors (Lipinski definition) is 2. The normalized spacial score (nSPS) is 23.3. The molecule has 0 unspecified atom stereocenters. The topological polar surface area (TPSA) is 80.2 Å². The minimum Gasteiger partial charge on any atom is -0.316 e. The second kappa shape index (κ2) is 5.47. The van der Waals surface area contributed by atoms with Gasteiger partial charge in [-0.05, 0) is 42.5 Å². The quantitative estimate of drug-likeness (QED) is 0.876. The highest BCUT2D eigenvalue weighted by Crippen LogP contribution is 2.32. The smallest absolute Gasteiger partial charge is 0.275 e. The highest BCUT2D eigenvalue weighted by molar-refractivity contribution is 7.94. The van der Waals surface area contributed by atoms with E-state index in [0.29, 0.717) is 18.4 Å². The summed E-state index contributed by atoms with van der Waals surface area (Å²) in [5.74, 6) is 0.765. The predicted molar refractivity (Wildman–Crippen MR) is 89.5 cm³/mol. The van der Waals surface area contributed by atoms with Crippen molar-refractivity contribution in [3.8, 4) is 0 Å². The molecular formula is C15H17N3O3S2. The standard InChI is InChI=1S/C15H17N3O3S2/c19-15-12(17-23(20,21)14-2-1-5-22-14)3-4-13-11-6-10(7-16-8-11)9-18(13)15/h1-5,10-11,16-17H,6-9H2/t10-,11+/m0/s1. The molecule has 4 heterocycles. The van der Waals surface area contributed by atoms with E-state index in [1.165, 1.54) is 6.07 Å². The van der Waals surface area contributed by atoms with Crippen molar-refractivity contribution < 1.29 is 8.42 Å². The number of aromatic nitrogens is 1. The summed E-state index contributed by atoms with van der Waals surface area (Å²) in [5.41, 5.74) is 0.867. The van der Waals surface area contributed by atoms with Gasteiger partial charge in [-0.3, -0.25) is 9.52 Å². The van der Waals surface area contributed by atoms with Crippen molar-refractivity contribution in [1.29, 1.82) is 0 Å². The number of nitrogens with one attached hydrogen (secondary N) is 2. The van der Waals surface area contributed by atoms with E-state index in [4.69, 9.17) is 0 Å². The van der Waals surface area contributed by atoms with Gasteiger partial charge in [0.15, 0.2) is 0 Å². The highest BCUT2D eigenvalue weighted by atomic mass is 32.2. The van der Waals surface area contributed by atoms with E-state index in [9.17, 15) is 13.2 Å². The number of thiophene rings is 1. The van der Waals surface area contributed by atoms with Crippen molar-refractivity contribution in [3.05, 3.63) is 45.7 Å². The fourth-order valence-electron chi connectivity index (χ4n) is 3.48. The minimum atomic E-state index is -3.69. The summed E-state index contributed by atoms with van der Waals surface area (Å²) in [6.07, 6.45) is 1.09. The van der Waals surface area contributed by atoms with Gasteiger partial charge >= 0.3 is 0 Å². The second-order valence-corrected chi connectivity index (χ2v) is 8.94. The average Bonchev–Trinajstić information content (AvgIpc) is 3.06. The molecule has 0 radical (unpaired) electrons. The Labute approximate surface area is 138 Å². The van der Waals surface area contributed by atoms with E-state index in [2.05, 4.69) is 10.0 Å². The molecule has 0 aromatic carbocycles. The molecule has 2 aromatic heterocycles. The van der Waals surface area contributed by atoms with Crippen LogP contribution >= 0.6 is 11.3 Å². The Morgan fingerprint density at radius 2 is 2.13 bits per heavy atom. The number of anilines is 1. The maximum Gasteiger partial charge on any atom is 0.275 e. The molecule has 1 fully saturated rings. The molecular weight excluding hydrogens is 334 g/mol. The summed E-state index contributed by atoms with van der Waals surface area (Å²) >= 11 is 1.13. The SMILES string of the molecule is O=c1c(NS(=O)(=O)c2cccs2)ccc2n1C[C@@H]1CNC[C@H]2C1. The lowest BCUT2D eigenvalue weighted by Crippen LogP contribution is -2.45. The third-order valence-corrected chi connectivity index (χ3v) is 7.28. The molecule has 0 amide bonds. The molecule has 2 atom stereocenters. The minimum absolute atomic E-state index is 0.120. The lowest BCUT2D eigenvalue weighted by atomic mass is 9.84. The van der Waals surface area contributed by atoms with Gasteiger partial charge in [0, 0.05) is 24.7 Å². The summed E-state index contributed by atoms with van der Waals surface area (Å²) in [7, 11) is -3.69. The van der Waals surface area contributed by atoms with Gasteiger partial charge in [0.1, 0.15) is 9.90 Å². The van der Waals surface area contributed by atoms with Crippen molar-refractivity contribution in [2.45, 2.75) is 23.1 Å². The highest BCUT2D eigenvalue weighted by Gasteiger charge is 2.31. The Balaban J connectivity index is 1.72. The molecule has 4 rings (SSSR count). The van der Waals surface area contributed by atoms with Crippen LogP contribution in [0.3, 0.4) is 0 Å². The van der Waals surface area contributed by atoms with Crippen LogP contribution < -0.4 is 15.6 Å². The average molecular weight is 351 g/mol. The van der Waals surface area contributed by atoms with Gasteiger partial charge in [-0.2, -0.15) is 0 Å². The van der Waals surface area contributed by atoms with E-state index in [-0.39, 0.29) is 15.5 Å². The molecule has 2 aromatic rings. The number of sulfonamides is 1. The summed E-state index contributed by atoms with van der Waals surface area (Å²) in [5, 5.41) is 5.09. The molecule has 2 aliphatic rings. The molecule has 2 bridgehead atoms. The predicted octanol–water partition coefficient (Wildman–Crippen LogP) is 1.42. The third kappa shape index (κ3) is 2.60. The van der Waals surface area contributed by atoms with Crippen LogP contribution in [-0.4, -0.2) is 26.1 Å². The van der Waals surface area contributed by atoms with Gasteiger partial charge < -0.3 is 9.88 Å². The first-order chi connectivity index (χ1) is 11.0. The first kappa shape index (κ1) is 14.9. The van der Waals surface area contributed by atoms with E-state index in [1.807, 2.05) is 6.07 Å². The Kier molecular flexibility index (Phi) is 3.55. The van der Waals surface area contributed by atoms with Gasteiger partial charge in [0.2, 0.25) is 0 Å². The lowest BCUT2D eigenvalue weighted by Gasteiger charge is -2.37. The molecule has 0 aliphatic carbocycles. The zero-order valence-electron chi connectivity index (χ0n) is 12.4. The summed E-state index contributed by atoms with van der Waals surface area (Å²) in [6.45, 7) is 2.43. The Bertz CT molecular complexity index is 887. The number of nitrogens with zero attached hydrogens (tertiary/aromatic N) is 1. The summed E-state index contributed by atoms with van der Waals surface area (Å²) in [4.78, 5) is 12.7. The number of piperidine rings is 1. The molecule has 0 saturated carbocycles. The zero-order valence-corrected chi connectivity index (χ0v) is 14.0. The Morgan fingerprint density at radius 3 is 2.91 bits per heavy atom.